The van der Waals surface area contributed by atoms with Crippen LogP contribution in [0.1, 0.15) is 37.0 Å². The summed E-state index contributed by atoms with van der Waals surface area (Å²) in [6, 6.07) is 6.43. The fraction of sp³-hybridized carbons (Fsp3) is 0.375. The molecule has 0 fully saturated rings. The van der Waals surface area contributed by atoms with Crippen LogP contribution in [0, 0.1) is 12.3 Å². The SMILES string of the molecule is C#CC(CC)(CC)NC(=O)c1ccc(OCC(N)=O)cc1. The minimum Gasteiger partial charge on any atom is -0.484 e. The Morgan fingerprint density at radius 3 is 2.29 bits per heavy atom. The highest BCUT2D eigenvalue weighted by Crippen LogP contribution is 2.16. The number of hydrogen-bond donors (Lipinski definition) is 2. The number of nitrogens with two attached hydrogens (primary N) is 1. The smallest absolute Gasteiger partial charge is 0.255 e. The van der Waals surface area contributed by atoms with Crippen LogP contribution in [0.3, 0.4) is 0 Å². The molecule has 0 saturated carbocycles. The van der Waals surface area contributed by atoms with Crippen molar-refractivity contribution in [3.63, 3.8) is 0 Å². The number of carbonyl (C=O) groups excluding carboxylic acids is 2. The van der Waals surface area contributed by atoms with Crippen LogP contribution in [-0.4, -0.2) is 24.0 Å². The molecule has 1 rings (SSSR count). The van der Waals surface area contributed by atoms with E-state index in [0.29, 0.717) is 24.2 Å². The van der Waals surface area contributed by atoms with Gasteiger partial charge in [0.25, 0.3) is 11.8 Å². The maximum absolute atomic E-state index is 12.2. The molecule has 3 N–H and O–H groups in total. The largest absolute Gasteiger partial charge is 0.484 e. The number of nitrogens with one attached hydrogen (secondary N) is 1. The van der Waals surface area contributed by atoms with E-state index in [9.17, 15) is 9.59 Å². The molecule has 0 spiro atoms. The molecule has 5 nitrogen and oxygen atoms in total. The summed E-state index contributed by atoms with van der Waals surface area (Å²) in [7, 11) is 0. The van der Waals surface area contributed by atoms with Crippen molar-refractivity contribution in [2.75, 3.05) is 6.61 Å². The molecule has 5 heteroatoms. The van der Waals surface area contributed by atoms with E-state index in [2.05, 4.69) is 11.2 Å². The van der Waals surface area contributed by atoms with E-state index in [1.54, 1.807) is 24.3 Å². The number of rotatable bonds is 7. The lowest BCUT2D eigenvalue weighted by atomic mass is 9.93. The Morgan fingerprint density at radius 2 is 1.86 bits per heavy atom. The van der Waals surface area contributed by atoms with Crippen LogP contribution in [0.2, 0.25) is 0 Å². The summed E-state index contributed by atoms with van der Waals surface area (Å²) < 4.78 is 5.13. The third-order valence-corrected chi connectivity index (χ3v) is 3.33. The molecule has 0 radical (unpaired) electrons. The normalized spacial score (nSPS) is 10.5. The number of primary amides is 1. The Bertz CT molecular complexity index is 540. The topological polar surface area (TPSA) is 81.4 Å². The molecule has 2 amide bonds. The minimum absolute atomic E-state index is 0.197. The molecule has 0 aliphatic carbocycles. The van der Waals surface area contributed by atoms with Gasteiger partial charge in [0, 0.05) is 5.56 Å². The van der Waals surface area contributed by atoms with E-state index in [1.165, 1.54) is 0 Å². The van der Waals surface area contributed by atoms with Gasteiger partial charge in [-0.15, -0.1) is 6.42 Å². The van der Waals surface area contributed by atoms with E-state index in [-0.39, 0.29) is 12.5 Å². The van der Waals surface area contributed by atoms with Gasteiger partial charge in [-0.1, -0.05) is 19.8 Å². The van der Waals surface area contributed by atoms with Crippen molar-refractivity contribution in [1.82, 2.24) is 5.32 Å². The van der Waals surface area contributed by atoms with Gasteiger partial charge in [0.1, 0.15) is 11.3 Å². The van der Waals surface area contributed by atoms with Crippen molar-refractivity contribution >= 4 is 11.8 Å². The lowest BCUT2D eigenvalue weighted by molar-refractivity contribution is -0.119. The van der Waals surface area contributed by atoms with Crippen LogP contribution in [0.4, 0.5) is 0 Å². The van der Waals surface area contributed by atoms with Crippen LogP contribution in [0.25, 0.3) is 0 Å². The molecule has 0 aliphatic rings. The van der Waals surface area contributed by atoms with E-state index in [4.69, 9.17) is 16.9 Å². The predicted molar refractivity (Wildman–Crippen MR) is 80.7 cm³/mol. The molecule has 21 heavy (non-hydrogen) atoms. The predicted octanol–water partition coefficient (Wildman–Crippen LogP) is 1.47. The first-order chi connectivity index (χ1) is 9.96. The number of benzene rings is 1. The first-order valence-corrected chi connectivity index (χ1v) is 6.77. The lowest BCUT2D eigenvalue weighted by Crippen LogP contribution is -2.46. The summed E-state index contributed by atoms with van der Waals surface area (Å²) in [5.74, 6) is 2.33. The van der Waals surface area contributed by atoms with Crippen molar-refractivity contribution in [1.29, 1.82) is 0 Å². The maximum Gasteiger partial charge on any atom is 0.255 e. The molecule has 0 saturated heterocycles. The van der Waals surface area contributed by atoms with Gasteiger partial charge in [0.05, 0.1) is 0 Å². The van der Waals surface area contributed by atoms with Crippen LogP contribution >= 0.6 is 0 Å². The third-order valence-electron chi connectivity index (χ3n) is 3.33. The number of hydrogen-bond acceptors (Lipinski definition) is 3. The molecule has 0 atom stereocenters. The fourth-order valence-corrected chi connectivity index (χ4v) is 1.81. The van der Waals surface area contributed by atoms with E-state index < -0.39 is 11.4 Å². The summed E-state index contributed by atoms with van der Waals surface area (Å²) in [5, 5.41) is 2.88. The van der Waals surface area contributed by atoms with Gasteiger partial charge in [-0.2, -0.15) is 0 Å². The highest BCUT2D eigenvalue weighted by atomic mass is 16.5. The van der Waals surface area contributed by atoms with Gasteiger partial charge in [0.2, 0.25) is 0 Å². The molecule has 1 aromatic rings. The average molecular weight is 288 g/mol. The van der Waals surface area contributed by atoms with Gasteiger partial charge in [-0.05, 0) is 37.1 Å². The van der Waals surface area contributed by atoms with Crippen LogP contribution in [0.5, 0.6) is 5.75 Å². The molecule has 0 bridgehead atoms. The monoisotopic (exact) mass is 288 g/mol. The standard InChI is InChI=1S/C16H20N2O3/c1-4-16(5-2,6-3)18-15(20)12-7-9-13(10-8-12)21-11-14(17)19/h1,7-10H,5-6,11H2,2-3H3,(H2,17,19)(H,18,20). The number of ether oxygens (including phenoxy) is 1. The quantitative estimate of drug-likeness (QED) is 0.745. The molecular formula is C16H20N2O3. The molecule has 0 heterocycles. The Kier molecular flexibility index (Phi) is 5.79. The number of terminal acetylenes is 1. The zero-order valence-corrected chi connectivity index (χ0v) is 12.3. The first-order valence-electron chi connectivity index (χ1n) is 6.77. The lowest BCUT2D eigenvalue weighted by Gasteiger charge is -2.27. The summed E-state index contributed by atoms with van der Waals surface area (Å²) >= 11 is 0. The van der Waals surface area contributed by atoms with Crippen LogP contribution in [0.15, 0.2) is 24.3 Å². The second-order valence-electron chi connectivity index (χ2n) is 4.67. The Hall–Kier alpha value is -2.48. The van der Waals surface area contributed by atoms with Gasteiger partial charge in [0.15, 0.2) is 6.61 Å². The zero-order chi connectivity index (χ0) is 15.9. The molecule has 0 aromatic heterocycles. The number of carbonyl (C=O) groups is 2. The summed E-state index contributed by atoms with van der Waals surface area (Å²) in [6.45, 7) is 3.67. The van der Waals surface area contributed by atoms with Crippen molar-refractivity contribution < 1.29 is 14.3 Å². The van der Waals surface area contributed by atoms with Crippen LogP contribution in [-0.2, 0) is 4.79 Å². The Balaban J connectivity index is 2.76. The highest BCUT2D eigenvalue weighted by Gasteiger charge is 2.25. The highest BCUT2D eigenvalue weighted by molar-refractivity contribution is 5.95. The second kappa shape index (κ2) is 7.34. The van der Waals surface area contributed by atoms with Gasteiger partial charge in [-0.25, -0.2) is 0 Å². The zero-order valence-electron chi connectivity index (χ0n) is 12.3. The minimum atomic E-state index is -0.627. The average Bonchev–Trinajstić information content (AvgIpc) is 2.51. The molecular weight excluding hydrogens is 268 g/mol. The molecule has 112 valence electrons. The Labute approximate surface area is 124 Å². The Morgan fingerprint density at radius 1 is 1.29 bits per heavy atom. The second-order valence-corrected chi connectivity index (χ2v) is 4.67. The maximum atomic E-state index is 12.2. The summed E-state index contributed by atoms with van der Waals surface area (Å²) in [5.41, 5.74) is 4.84. The van der Waals surface area contributed by atoms with Gasteiger partial charge in [-0.3, -0.25) is 9.59 Å². The van der Waals surface area contributed by atoms with Crippen molar-refractivity contribution in [2.24, 2.45) is 5.73 Å². The van der Waals surface area contributed by atoms with Crippen molar-refractivity contribution in [2.45, 2.75) is 32.2 Å². The summed E-state index contributed by atoms with van der Waals surface area (Å²) in [6.07, 6.45) is 6.84. The van der Waals surface area contributed by atoms with Crippen molar-refractivity contribution in [3.8, 4) is 18.1 Å². The van der Waals surface area contributed by atoms with E-state index >= 15 is 0 Å². The fourth-order valence-electron chi connectivity index (χ4n) is 1.81. The van der Waals surface area contributed by atoms with Gasteiger partial charge >= 0.3 is 0 Å². The van der Waals surface area contributed by atoms with Crippen molar-refractivity contribution in [3.05, 3.63) is 29.8 Å². The number of amides is 2. The van der Waals surface area contributed by atoms with Gasteiger partial charge < -0.3 is 15.8 Å². The van der Waals surface area contributed by atoms with Crippen LogP contribution < -0.4 is 15.8 Å². The van der Waals surface area contributed by atoms with E-state index in [0.717, 1.165) is 0 Å². The summed E-state index contributed by atoms with van der Waals surface area (Å²) in [4.78, 5) is 22.8. The van der Waals surface area contributed by atoms with E-state index in [1.807, 2.05) is 13.8 Å². The molecule has 1 aromatic carbocycles. The molecule has 0 unspecified atom stereocenters. The molecule has 0 aliphatic heterocycles. The first kappa shape index (κ1) is 16.6. The third kappa shape index (κ3) is 4.53.